The van der Waals surface area contributed by atoms with Gasteiger partial charge in [-0.1, -0.05) is 31.2 Å². The molecule has 2 aromatic carbocycles. The van der Waals surface area contributed by atoms with E-state index in [1.807, 2.05) is 32.0 Å². The Bertz CT molecular complexity index is 901. The van der Waals surface area contributed by atoms with E-state index in [0.717, 1.165) is 30.4 Å². The molecule has 2 N–H and O–H groups in total. The number of hydrogen-bond donors (Lipinski definition) is 2. The van der Waals surface area contributed by atoms with Gasteiger partial charge in [-0.25, -0.2) is 8.42 Å². The summed E-state index contributed by atoms with van der Waals surface area (Å²) in [5, 5.41) is 2.96. The molecule has 2 aromatic rings. The van der Waals surface area contributed by atoms with Crippen molar-refractivity contribution in [2.45, 2.75) is 43.4 Å². The minimum absolute atomic E-state index is 0.0624. The molecule has 0 aliphatic heterocycles. The lowest BCUT2D eigenvalue weighted by atomic mass is 9.95. The van der Waals surface area contributed by atoms with Gasteiger partial charge >= 0.3 is 0 Å². The minimum Gasteiger partial charge on any atom is -0.355 e. The van der Waals surface area contributed by atoms with Crippen molar-refractivity contribution in [3.63, 3.8) is 0 Å². The first-order chi connectivity index (χ1) is 12.4. The largest absolute Gasteiger partial charge is 0.355 e. The molecule has 0 spiro atoms. The number of amides is 1. The van der Waals surface area contributed by atoms with E-state index in [1.165, 1.54) is 0 Å². The second-order valence-electron chi connectivity index (χ2n) is 6.84. The highest BCUT2D eigenvalue weighted by Crippen LogP contribution is 2.48. The Morgan fingerprint density at radius 1 is 1.12 bits per heavy atom. The summed E-state index contributed by atoms with van der Waals surface area (Å²) < 4.78 is 27.6. The predicted molar refractivity (Wildman–Crippen MR) is 103 cm³/mol. The summed E-state index contributed by atoms with van der Waals surface area (Å²) in [6, 6.07) is 13.9. The summed E-state index contributed by atoms with van der Waals surface area (Å²) in [5.74, 6) is 0.0624. The number of benzene rings is 2. The lowest BCUT2D eigenvalue weighted by Crippen LogP contribution is -2.35. The summed E-state index contributed by atoms with van der Waals surface area (Å²) >= 11 is 0. The van der Waals surface area contributed by atoms with Crippen LogP contribution in [0.2, 0.25) is 0 Å². The fourth-order valence-electron chi connectivity index (χ4n) is 3.03. The van der Waals surface area contributed by atoms with Gasteiger partial charge in [0.2, 0.25) is 5.91 Å². The molecule has 0 aromatic heterocycles. The van der Waals surface area contributed by atoms with Crippen LogP contribution >= 0.6 is 0 Å². The van der Waals surface area contributed by atoms with Gasteiger partial charge in [-0.15, -0.1) is 0 Å². The van der Waals surface area contributed by atoms with Gasteiger partial charge in [-0.05, 0) is 61.6 Å². The fourth-order valence-corrected chi connectivity index (χ4v) is 4.20. The molecule has 26 heavy (non-hydrogen) atoms. The van der Waals surface area contributed by atoms with Crippen LogP contribution in [0.4, 0.5) is 5.69 Å². The summed E-state index contributed by atoms with van der Waals surface area (Å²) in [5.41, 5.74) is 1.87. The first-order valence-corrected chi connectivity index (χ1v) is 10.3. The van der Waals surface area contributed by atoms with Crippen LogP contribution in [0.15, 0.2) is 53.4 Å². The van der Waals surface area contributed by atoms with Crippen LogP contribution in [-0.2, 0) is 20.2 Å². The Labute approximate surface area is 154 Å². The van der Waals surface area contributed by atoms with Crippen LogP contribution in [0.5, 0.6) is 0 Å². The van der Waals surface area contributed by atoms with Gasteiger partial charge in [0.1, 0.15) is 0 Å². The SMILES string of the molecule is CCCNC(=O)C1(c2ccc(NS(=O)(=O)c3cccc(C)c3)cc2)CC1. The van der Waals surface area contributed by atoms with E-state index in [-0.39, 0.29) is 10.8 Å². The van der Waals surface area contributed by atoms with Crippen molar-refractivity contribution in [3.05, 3.63) is 59.7 Å². The molecule has 0 saturated heterocycles. The smallest absolute Gasteiger partial charge is 0.261 e. The Morgan fingerprint density at radius 2 is 1.81 bits per heavy atom. The van der Waals surface area contributed by atoms with Gasteiger partial charge in [-0.2, -0.15) is 0 Å². The van der Waals surface area contributed by atoms with Crippen LogP contribution < -0.4 is 10.0 Å². The van der Waals surface area contributed by atoms with Crippen molar-refractivity contribution in [2.24, 2.45) is 0 Å². The minimum atomic E-state index is -3.63. The molecule has 1 fully saturated rings. The molecule has 6 heteroatoms. The predicted octanol–water partition coefficient (Wildman–Crippen LogP) is 3.35. The molecule has 0 heterocycles. The molecule has 0 bridgehead atoms. The van der Waals surface area contributed by atoms with E-state index in [1.54, 1.807) is 30.3 Å². The number of anilines is 1. The highest BCUT2D eigenvalue weighted by atomic mass is 32.2. The molecule has 1 aliphatic carbocycles. The summed E-state index contributed by atoms with van der Waals surface area (Å²) in [4.78, 5) is 12.6. The number of aryl methyl sites for hydroxylation is 1. The zero-order chi connectivity index (χ0) is 18.8. The van der Waals surface area contributed by atoms with E-state index < -0.39 is 15.4 Å². The number of carbonyl (C=O) groups excluding carboxylic acids is 1. The summed E-state index contributed by atoms with van der Waals surface area (Å²) in [6.07, 6.45) is 2.56. The Kier molecular flexibility index (Phi) is 5.05. The highest BCUT2D eigenvalue weighted by Gasteiger charge is 2.50. The van der Waals surface area contributed by atoms with Crippen molar-refractivity contribution in [3.8, 4) is 0 Å². The summed E-state index contributed by atoms with van der Waals surface area (Å²) in [7, 11) is -3.63. The molecule has 0 radical (unpaired) electrons. The first kappa shape index (κ1) is 18.5. The van der Waals surface area contributed by atoms with E-state index in [0.29, 0.717) is 12.2 Å². The van der Waals surface area contributed by atoms with Crippen LogP contribution in [0, 0.1) is 6.92 Å². The van der Waals surface area contributed by atoms with Crippen LogP contribution in [0.3, 0.4) is 0 Å². The molecule has 5 nitrogen and oxygen atoms in total. The van der Waals surface area contributed by atoms with Crippen molar-refractivity contribution in [1.82, 2.24) is 5.32 Å². The average molecular weight is 372 g/mol. The van der Waals surface area contributed by atoms with E-state index in [9.17, 15) is 13.2 Å². The number of nitrogens with one attached hydrogen (secondary N) is 2. The molecule has 1 aliphatic rings. The lowest BCUT2D eigenvalue weighted by Gasteiger charge is -2.16. The molecule has 1 saturated carbocycles. The molecule has 3 rings (SSSR count). The lowest BCUT2D eigenvalue weighted by molar-refractivity contribution is -0.123. The van der Waals surface area contributed by atoms with Crippen molar-refractivity contribution in [2.75, 3.05) is 11.3 Å². The zero-order valence-corrected chi connectivity index (χ0v) is 15.9. The fraction of sp³-hybridized carbons (Fsp3) is 0.350. The quantitative estimate of drug-likeness (QED) is 0.783. The average Bonchev–Trinajstić information content (AvgIpc) is 3.42. The molecule has 0 atom stereocenters. The second kappa shape index (κ2) is 7.11. The standard InChI is InChI=1S/C20H24N2O3S/c1-3-13-21-19(23)20(11-12-20)16-7-9-17(10-8-16)22-26(24,25)18-6-4-5-15(2)14-18/h4-10,14,22H,3,11-13H2,1-2H3,(H,21,23). The second-order valence-corrected chi connectivity index (χ2v) is 8.52. The highest BCUT2D eigenvalue weighted by molar-refractivity contribution is 7.92. The van der Waals surface area contributed by atoms with Gasteiger partial charge < -0.3 is 5.32 Å². The molecular formula is C20H24N2O3S. The third-order valence-electron chi connectivity index (χ3n) is 4.71. The van der Waals surface area contributed by atoms with E-state index >= 15 is 0 Å². The molecule has 138 valence electrons. The van der Waals surface area contributed by atoms with Crippen LogP contribution in [-0.4, -0.2) is 20.9 Å². The van der Waals surface area contributed by atoms with Gasteiger partial charge in [0.05, 0.1) is 10.3 Å². The van der Waals surface area contributed by atoms with Crippen molar-refractivity contribution < 1.29 is 13.2 Å². The molecular weight excluding hydrogens is 348 g/mol. The number of sulfonamides is 1. The van der Waals surface area contributed by atoms with Crippen LogP contribution in [0.1, 0.15) is 37.3 Å². The van der Waals surface area contributed by atoms with Gasteiger partial charge in [0.15, 0.2) is 0 Å². The zero-order valence-electron chi connectivity index (χ0n) is 15.1. The number of rotatable bonds is 7. The Morgan fingerprint density at radius 3 is 2.38 bits per heavy atom. The maximum Gasteiger partial charge on any atom is 0.261 e. The third-order valence-corrected chi connectivity index (χ3v) is 6.09. The maximum atomic E-state index is 12.5. The van der Waals surface area contributed by atoms with Crippen molar-refractivity contribution >= 4 is 21.6 Å². The normalized spacial score (nSPS) is 15.3. The summed E-state index contributed by atoms with van der Waals surface area (Å²) in [6.45, 7) is 4.55. The molecule has 1 amide bonds. The topological polar surface area (TPSA) is 75.3 Å². The van der Waals surface area contributed by atoms with Gasteiger partial charge in [0, 0.05) is 12.2 Å². The first-order valence-electron chi connectivity index (χ1n) is 8.86. The van der Waals surface area contributed by atoms with Crippen LogP contribution in [0.25, 0.3) is 0 Å². The van der Waals surface area contributed by atoms with Gasteiger partial charge in [0.25, 0.3) is 10.0 Å². The third kappa shape index (κ3) is 3.75. The van der Waals surface area contributed by atoms with E-state index in [4.69, 9.17) is 0 Å². The molecule has 0 unspecified atom stereocenters. The van der Waals surface area contributed by atoms with E-state index in [2.05, 4.69) is 10.0 Å². The maximum absolute atomic E-state index is 12.5. The Balaban J connectivity index is 1.75. The number of hydrogen-bond acceptors (Lipinski definition) is 3. The Hall–Kier alpha value is -2.34. The monoisotopic (exact) mass is 372 g/mol. The van der Waals surface area contributed by atoms with Crippen molar-refractivity contribution in [1.29, 1.82) is 0 Å². The number of carbonyl (C=O) groups is 1. The van der Waals surface area contributed by atoms with Gasteiger partial charge in [-0.3, -0.25) is 9.52 Å².